The molecule has 0 fully saturated rings. The number of benzene rings is 2. The second-order valence-corrected chi connectivity index (χ2v) is 16.5. The van der Waals surface area contributed by atoms with Crippen LogP contribution in [0.3, 0.4) is 0 Å². The number of allylic oxidation sites excluding steroid dienone is 8. The third-order valence-corrected chi connectivity index (χ3v) is 7.51. The Bertz CT molecular complexity index is 1260. The summed E-state index contributed by atoms with van der Waals surface area (Å²) in [7, 11) is 0. The van der Waals surface area contributed by atoms with Crippen molar-refractivity contribution in [1.82, 2.24) is 0 Å². The van der Waals surface area contributed by atoms with E-state index in [9.17, 15) is 10.2 Å². The van der Waals surface area contributed by atoms with Crippen molar-refractivity contribution in [3.63, 3.8) is 0 Å². The summed E-state index contributed by atoms with van der Waals surface area (Å²) < 4.78 is 0. The minimum atomic E-state index is 0. The van der Waals surface area contributed by atoms with Crippen LogP contribution in [0.2, 0.25) is 0 Å². The molecule has 0 amide bonds. The Kier molecular flexibility index (Phi) is 22.4. The van der Waals surface area contributed by atoms with Gasteiger partial charge in [0.15, 0.2) is 0 Å². The van der Waals surface area contributed by atoms with Gasteiger partial charge in [-0.25, -0.2) is 12.2 Å². The number of phenols is 2. The summed E-state index contributed by atoms with van der Waals surface area (Å²) >= 11 is 1.36. The molecule has 2 aliphatic carbocycles. The molecule has 2 atom stereocenters. The molecule has 0 spiro atoms. The van der Waals surface area contributed by atoms with Crippen LogP contribution in [0.1, 0.15) is 119 Å². The first kappa shape index (κ1) is 50.5. The van der Waals surface area contributed by atoms with Gasteiger partial charge in [-0.05, 0) is 47.9 Å². The van der Waals surface area contributed by atoms with E-state index in [1.54, 1.807) is 12.1 Å². The molecule has 2 radical (unpaired) electrons. The molecule has 4 rings (SSSR count). The molecule has 0 aliphatic heterocycles. The van der Waals surface area contributed by atoms with Crippen LogP contribution in [0.5, 0.6) is 11.5 Å². The molecular weight excluding hydrogens is 680 g/mol. The van der Waals surface area contributed by atoms with Crippen molar-refractivity contribution in [2.75, 3.05) is 0 Å². The molecule has 0 bridgehead atoms. The molecule has 2 aromatic carbocycles. The summed E-state index contributed by atoms with van der Waals surface area (Å²) in [6.45, 7) is 37.4. The predicted molar refractivity (Wildman–Crippen MR) is 211 cm³/mol. The first-order chi connectivity index (χ1) is 20.8. The summed E-state index contributed by atoms with van der Waals surface area (Å²) in [5.41, 5.74) is 7.90. The molecule has 2 nitrogen and oxygen atoms in total. The Labute approximate surface area is 315 Å². The molecule has 268 valence electrons. The van der Waals surface area contributed by atoms with Gasteiger partial charge in [-0.1, -0.05) is 155 Å². The van der Waals surface area contributed by atoms with E-state index in [4.69, 9.17) is 0 Å². The van der Waals surface area contributed by atoms with Crippen molar-refractivity contribution in [2.24, 2.45) is 22.7 Å². The van der Waals surface area contributed by atoms with E-state index >= 15 is 0 Å². The zero-order valence-electron chi connectivity index (χ0n) is 33.8. The molecule has 0 heterocycles. The van der Waals surface area contributed by atoms with Gasteiger partial charge in [0.05, 0.1) is 0 Å². The van der Waals surface area contributed by atoms with Gasteiger partial charge >= 0.3 is 30.2 Å². The quantitative estimate of drug-likeness (QED) is 0.208. The van der Waals surface area contributed by atoms with E-state index in [0.717, 1.165) is 11.1 Å². The van der Waals surface area contributed by atoms with Crippen LogP contribution in [-0.2, 0) is 34.2 Å². The van der Waals surface area contributed by atoms with E-state index in [2.05, 4.69) is 140 Å². The minimum absolute atomic E-state index is 0. The molecule has 0 saturated carbocycles. The van der Waals surface area contributed by atoms with Crippen molar-refractivity contribution in [1.29, 1.82) is 0 Å². The van der Waals surface area contributed by atoms with Crippen LogP contribution in [0.4, 0.5) is 0 Å². The SMILES string of the molecule is CC1[C-]=CC(C(C)(C)C)=C1.CC1[C-]=CC(C(C)(C)C)=C1.Cc1ccc(O)c(C(C)(C)C)c1.Cc1ccc(O)c(C(C)(C)C)c1.[CH3-].[CH3-].[Si]=[Zr]. The second kappa shape index (κ2) is 21.3. The Morgan fingerprint density at radius 1 is 0.542 bits per heavy atom. The van der Waals surface area contributed by atoms with Crippen LogP contribution in [0.25, 0.3) is 0 Å². The zero-order chi connectivity index (χ0) is 36.3. The normalized spacial score (nSPS) is 16.4. The average molecular weight is 748 g/mol. The Morgan fingerprint density at radius 2 is 0.812 bits per heavy atom. The Balaban J connectivity index is -0.000000547. The van der Waals surface area contributed by atoms with Crippen molar-refractivity contribution in [3.05, 3.63) is 121 Å². The monoisotopic (exact) mass is 746 g/mol. The maximum atomic E-state index is 9.57. The van der Waals surface area contributed by atoms with E-state index < -0.39 is 0 Å². The number of hydrogen-bond acceptors (Lipinski definition) is 2. The summed E-state index contributed by atoms with van der Waals surface area (Å²) in [5, 5.41) is 19.1. The molecule has 2 aliphatic rings. The average Bonchev–Trinajstić information content (AvgIpc) is 3.56. The first-order valence-electron chi connectivity index (χ1n) is 16.3. The van der Waals surface area contributed by atoms with Crippen molar-refractivity contribution >= 4 is 6.88 Å². The number of hydrogen-bond donors (Lipinski definition) is 2. The van der Waals surface area contributed by atoms with Crippen molar-refractivity contribution in [2.45, 2.75) is 122 Å². The van der Waals surface area contributed by atoms with Gasteiger partial charge < -0.3 is 25.1 Å². The zero-order valence-corrected chi connectivity index (χ0v) is 37.3. The van der Waals surface area contributed by atoms with Gasteiger partial charge in [0, 0.05) is 0 Å². The fraction of sp³-hybridized carbons (Fsp3) is 0.500. The summed E-state index contributed by atoms with van der Waals surface area (Å²) in [5.74, 6) is 1.84. The number of aromatic hydroxyl groups is 2. The fourth-order valence-electron chi connectivity index (χ4n) is 4.61. The predicted octanol–water partition coefficient (Wildman–Crippen LogP) is 12.4. The summed E-state index contributed by atoms with van der Waals surface area (Å²) in [4.78, 5) is 0. The maximum absolute atomic E-state index is 9.57. The third kappa shape index (κ3) is 18.7. The number of rotatable bonds is 0. The third-order valence-electron chi connectivity index (χ3n) is 7.51. The standard InChI is InChI=1S/2C11H16O.2C10H15.2CH3.Si.Zr/c2*1-8-5-6-10(12)9(7-8)11(2,3)4;2*1-8-5-6-9(7-8)10(2,3)4;;;;/h2*5-7,12H,1-4H3;2*6-8H,1-4H3;2*1H3;;/q;;4*-1;;. The van der Waals surface area contributed by atoms with Crippen LogP contribution >= 0.6 is 0 Å². The molecule has 4 heteroatoms. The van der Waals surface area contributed by atoms with Gasteiger partial charge in [0.25, 0.3) is 0 Å². The van der Waals surface area contributed by atoms with E-state index in [1.807, 2.05) is 38.1 Å². The topological polar surface area (TPSA) is 40.5 Å². The van der Waals surface area contributed by atoms with Crippen LogP contribution < -0.4 is 0 Å². The van der Waals surface area contributed by atoms with Crippen molar-refractivity contribution < 1.29 is 33.5 Å². The molecule has 48 heavy (non-hydrogen) atoms. The molecule has 0 aromatic heterocycles. The van der Waals surface area contributed by atoms with Gasteiger partial charge in [0.1, 0.15) is 11.5 Å². The fourth-order valence-corrected chi connectivity index (χ4v) is 4.61. The van der Waals surface area contributed by atoms with Gasteiger partial charge in [-0.15, -0.1) is 0 Å². The van der Waals surface area contributed by atoms with E-state index in [1.165, 1.54) is 45.6 Å². The van der Waals surface area contributed by atoms with Crippen molar-refractivity contribution in [3.8, 4) is 11.5 Å². The summed E-state index contributed by atoms with van der Waals surface area (Å²) in [6, 6.07) is 11.4. The van der Waals surface area contributed by atoms with E-state index in [0.29, 0.717) is 34.2 Å². The molecule has 2 aromatic rings. The molecule has 0 saturated heterocycles. The first-order valence-corrected chi connectivity index (χ1v) is 20.5. The number of aryl methyl sites for hydroxylation is 2. The molecular formula is C44H68O2SiZr-4. The van der Waals surface area contributed by atoms with Gasteiger partial charge in [-0.2, -0.15) is 23.3 Å². The molecule has 2 N–H and O–H groups in total. The Hall–Kier alpha value is -1.90. The van der Waals surface area contributed by atoms with Crippen LogP contribution in [0.15, 0.2) is 71.8 Å². The Morgan fingerprint density at radius 3 is 0.958 bits per heavy atom. The van der Waals surface area contributed by atoms with E-state index in [-0.39, 0.29) is 25.7 Å². The number of phenolic OH excluding ortho intramolecular Hbond substituents is 2. The van der Waals surface area contributed by atoms with Gasteiger partial charge in [-0.3, -0.25) is 12.2 Å². The summed E-state index contributed by atoms with van der Waals surface area (Å²) in [6.07, 6.45) is 15.3. The van der Waals surface area contributed by atoms with Crippen LogP contribution in [-0.4, -0.2) is 17.1 Å². The molecule has 2 unspecified atom stereocenters. The van der Waals surface area contributed by atoms with Gasteiger partial charge in [0.2, 0.25) is 0 Å². The second-order valence-electron chi connectivity index (χ2n) is 16.5. The van der Waals surface area contributed by atoms with Crippen LogP contribution in [0, 0.1) is 63.5 Å².